The summed E-state index contributed by atoms with van der Waals surface area (Å²) in [5, 5.41) is 7.75. The number of carboxylic acid groups (broad SMARTS) is 1. The molecule has 0 atom stereocenters. The van der Waals surface area contributed by atoms with Crippen LogP contribution in [0.2, 0.25) is 0 Å². The molecule has 0 heterocycles. The van der Waals surface area contributed by atoms with Crippen molar-refractivity contribution in [3.05, 3.63) is 36.1 Å². The predicted molar refractivity (Wildman–Crippen MR) is 49.8 cm³/mol. The standard InChI is InChI=1S/C6H5F.C3H3ClO3/c7-6-4-2-1-3-5-6;4-1-2(5)3(6)7/h1-5H;1H2,(H,6,7). The Hall–Kier alpha value is -1.42. The summed E-state index contributed by atoms with van der Waals surface area (Å²) in [5.41, 5.74) is 0. The number of halogens is 2. The van der Waals surface area contributed by atoms with Gasteiger partial charge in [-0.1, -0.05) is 18.2 Å². The number of carbonyl (C=O) groups excluding carboxylic acids is 1. The first-order valence-electron chi connectivity index (χ1n) is 3.60. The third-order valence-electron chi connectivity index (χ3n) is 1.09. The second-order valence-corrected chi connectivity index (χ2v) is 2.42. The summed E-state index contributed by atoms with van der Waals surface area (Å²) in [5.74, 6) is -3.07. The van der Waals surface area contributed by atoms with E-state index in [1.165, 1.54) is 12.1 Å². The van der Waals surface area contributed by atoms with E-state index in [9.17, 15) is 14.0 Å². The third-order valence-corrected chi connectivity index (χ3v) is 1.34. The summed E-state index contributed by atoms with van der Waals surface area (Å²) in [4.78, 5) is 19.3. The van der Waals surface area contributed by atoms with Gasteiger partial charge in [-0.15, -0.1) is 11.6 Å². The molecule has 0 aliphatic heterocycles. The van der Waals surface area contributed by atoms with Crippen LogP contribution in [0, 0.1) is 5.82 Å². The second kappa shape index (κ2) is 7.03. The first-order chi connectivity index (χ1) is 6.57. The maximum absolute atomic E-state index is 11.9. The van der Waals surface area contributed by atoms with Crippen molar-refractivity contribution in [3.63, 3.8) is 0 Å². The van der Waals surface area contributed by atoms with E-state index in [-0.39, 0.29) is 5.82 Å². The fraction of sp³-hybridized carbons (Fsp3) is 0.111. The number of Topliss-reactive ketones (excluding diaryl/α,β-unsaturated/α-hetero) is 1. The van der Waals surface area contributed by atoms with Gasteiger partial charge in [0, 0.05) is 0 Å². The van der Waals surface area contributed by atoms with Gasteiger partial charge >= 0.3 is 5.97 Å². The van der Waals surface area contributed by atoms with Crippen LogP contribution in [0.25, 0.3) is 0 Å². The van der Waals surface area contributed by atoms with Gasteiger partial charge in [-0.05, 0) is 12.1 Å². The highest BCUT2D eigenvalue weighted by Gasteiger charge is 2.06. The van der Waals surface area contributed by atoms with E-state index in [4.69, 9.17) is 16.7 Å². The number of hydrogen-bond donors (Lipinski definition) is 1. The normalized spacial score (nSPS) is 8.43. The summed E-state index contributed by atoms with van der Waals surface area (Å²) < 4.78 is 11.9. The van der Waals surface area contributed by atoms with Gasteiger partial charge in [0.2, 0.25) is 0 Å². The molecule has 0 aliphatic carbocycles. The SMILES string of the molecule is Fc1ccccc1.O=C(O)C(=O)CCl. The summed E-state index contributed by atoms with van der Waals surface area (Å²) in [6.07, 6.45) is 0. The fourth-order valence-corrected chi connectivity index (χ4v) is 0.586. The third kappa shape index (κ3) is 6.14. The molecule has 14 heavy (non-hydrogen) atoms. The minimum absolute atomic E-state index is 0.178. The van der Waals surface area contributed by atoms with Gasteiger partial charge < -0.3 is 5.11 Å². The zero-order valence-electron chi connectivity index (χ0n) is 7.11. The van der Waals surface area contributed by atoms with Gasteiger partial charge in [-0.25, -0.2) is 9.18 Å². The molecular formula is C9H8ClFO3. The van der Waals surface area contributed by atoms with Crippen LogP contribution in [0.5, 0.6) is 0 Å². The molecule has 76 valence electrons. The molecule has 1 N–H and O–H groups in total. The molecule has 0 bridgehead atoms. The highest BCUT2D eigenvalue weighted by atomic mass is 35.5. The lowest BCUT2D eigenvalue weighted by molar-refractivity contribution is -0.147. The molecule has 1 aromatic carbocycles. The molecule has 0 spiro atoms. The number of alkyl halides is 1. The number of carboxylic acids is 1. The minimum Gasteiger partial charge on any atom is -0.475 e. The Kier molecular flexibility index (Phi) is 6.32. The Bertz CT molecular complexity index is 300. The molecular weight excluding hydrogens is 211 g/mol. The Labute approximate surface area is 85.1 Å². The van der Waals surface area contributed by atoms with Gasteiger partial charge in [0.15, 0.2) is 0 Å². The summed E-state index contributed by atoms with van der Waals surface area (Å²) in [7, 11) is 0. The number of benzene rings is 1. The number of rotatable bonds is 2. The van der Waals surface area contributed by atoms with Crippen molar-refractivity contribution >= 4 is 23.4 Å². The van der Waals surface area contributed by atoms with E-state index in [1.807, 2.05) is 0 Å². The second-order valence-electron chi connectivity index (χ2n) is 2.16. The summed E-state index contributed by atoms with van der Waals surface area (Å²) in [6, 6.07) is 7.94. The van der Waals surface area contributed by atoms with Crippen molar-refractivity contribution in [1.82, 2.24) is 0 Å². The highest BCUT2D eigenvalue weighted by molar-refractivity contribution is 6.44. The average Bonchev–Trinajstić information content (AvgIpc) is 2.18. The molecule has 0 amide bonds. The quantitative estimate of drug-likeness (QED) is 0.607. The Balaban J connectivity index is 0.000000241. The van der Waals surface area contributed by atoms with E-state index in [0.717, 1.165) is 0 Å². The minimum atomic E-state index is -1.48. The van der Waals surface area contributed by atoms with Gasteiger partial charge in [0.05, 0.1) is 5.88 Å². The largest absolute Gasteiger partial charge is 0.475 e. The van der Waals surface area contributed by atoms with Crippen LogP contribution >= 0.6 is 11.6 Å². The summed E-state index contributed by atoms with van der Waals surface area (Å²) >= 11 is 4.82. The number of carbonyl (C=O) groups is 2. The van der Waals surface area contributed by atoms with Gasteiger partial charge in [0.25, 0.3) is 5.78 Å². The molecule has 0 saturated carbocycles. The van der Waals surface area contributed by atoms with Crippen LogP contribution in [-0.2, 0) is 9.59 Å². The fourth-order valence-electron chi connectivity index (χ4n) is 0.472. The van der Waals surface area contributed by atoms with Crippen LogP contribution in [-0.4, -0.2) is 22.7 Å². The lowest BCUT2D eigenvalue weighted by atomic mass is 10.4. The zero-order valence-corrected chi connectivity index (χ0v) is 7.87. The molecule has 0 saturated heterocycles. The van der Waals surface area contributed by atoms with E-state index in [0.29, 0.717) is 0 Å². The molecule has 3 nitrogen and oxygen atoms in total. The molecule has 1 aromatic rings. The van der Waals surface area contributed by atoms with Crippen molar-refractivity contribution in [2.24, 2.45) is 0 Å². The Morgan fingerprint density at radius 1 is 1.29 bits per heavy atom. The van der Waals surface area contributed by atoms with Crippen molar-refractivity contribution < 1.29 is 19.1 Å². The zero-order chi connectivity index (χ0) is 11.0. The van der Waals surface area contributed by atoms with E-state index in [1.54, 1.807) is 18.2 Å². The first-order valence-corrected chi connectivity index (χ1v) is 4.14. The van der Waals surface area contributed by atoms with Crippen LogP contribution in [0.1, 0.15) is 0 Å². The first kappa shape index (κ1) is 12.6. The van der Waals surface area contributed by atoms with Crippen molar-refractivity contribution in [1.29, 1.82) is 0 Å². The van der Waals surface area contributed by atoms with Crippen LogP contribution in [0.3, 0.4) is 0 Å². The maximum Gasteiger partial charge on any atom is 0.373 e. The predicted octanol–water partition coefficient (Wildman–Crippen LogP) is 1.70. The topological polar surface area (TPSA) is 54.4 Å². The van der Waals surface area contributed by atoms with Crippen LogP contribution in [0.4, 0.5) is 4.39 Å². The van der Waals surface area contributed by atoms with Gasteiger partial charge in [-0.3, -0.25) is 4.79 Å². The maximum atomic E-state index is 11.9. The summed E-state index contributed by atoms with van der Waals surface area (Å²) in [6.45, 7) is 0. The number of aliphatic carboxylic acids is 1. The molecule has 0 fully saturated rings. The van der Waals surface area contributed by atoms with Gasteiger partial charge in [-0.2, -0.15) is 0 Å². The smallest absolute Gasteiger partial charge is 0.373 e. The Morgan fingerprint density at radius 3 is 1.93 bits per heavy atom. The number of hydrogen-bond acceptors (Lipinski definition) is 2. The monoisotopic (exact) mass is 218 g/mol. The van der Waals surface area contributed by atoms with Crippen molar-refractivity contribution in [2.45, 2.75) is 0 Å². The van der Waals surface area contributed by atoms with Crippen molar-refractivity contribution in [2.75, 3.05) is 5.88 Å². The number of ketones is 1. The molecule has 0 aromatic heterocycles. The van der Waals surface area contributed by atoms with Crippen molar-refractivity contribution in [3.8, 4) is 0 Å². The van der Waals surface area contributed by atoms with Crippen LogP contribution in [0.15, 0.2) is 30.3 Å². The molecule has 0 radical (unpaired) electrons. The van der Waals surface area contributed by atoms with Crippen LogP contribution < -0.4 is 0 Å². The molecule has 1 rings (SSSR count). The van der Waals surface area contributed by atoms with E-state index >= 15 is 0 Å². The van der Waals surface area contributed by atoms with Gasteiger partial charge in [0.1, 0.15) is 5.82 Å². The average molecular weight is 219 g/mol. The Morgan fingerprint density at radius 2 is 1.79 bits per heavy atom. The lowest BCUT2D eigenvalue weighted by Gasteiger charge is -1.79. The molecule has 0 unspecified atom stereocenters. The van der Waals surface area contributed by atoms with E-state index < -0.39 is 17.6 Å². The van der Waals surface area contributed by atoms with E-state index in [2.05, 4.69) is 0 Å². The highest BCUT2D eigenvalue weighted by Crippen LogP contribution is 1.91. The molecule has 5 heteroatoms. The molecule has 0 aliphatic rings. The lowest BCUT2D eigenvalue weighted by Crippen LogP contribution is -2.12.